The number of anilines is 1. The van der Waals surface area contributed by atoms with Crippen molar-refractivity contribution in [2.75, 3.05) is 25.7 Å². The van der Waals surface area contributed by atoms with Gasteiger partial charge in [-0.1, -0.05) is 19.1 Å². The minimum atomic E-state index is -0.815. The van der Waals surface area contributed by atoms with E-state index in [4.69, 9.17) is 9.47 Å². The van der Waals surface area contributed by atoms with Crippen molar-refractivity contribution in [3.63, 3.8) is 0 Å². The maximum Gasteiger partial charge on any atom is 0.343 e. The van der Waals surface area contributed by atoms with Crippen LogP contribution in [0.1, 0.15) is 18.1 Å². The molecule has 1 fully saturated rings. The van der Waals surface area contributed by atoms with Gasteiger partial charge in [-0.2, -0.15) is 0 Å². The van der Waals surface area contributed by atoms with Gasteiger partial charge in [0.15, 0.2) is 18.1 Å². The topological polar surface area (TPSA) is 111 Å². The predicted molar refractivity (Wildman–Crippen MR) is 128 cm³/mol. The highest BCUT2D eigenvalue weighted by Crippen LogP contribution is 2.35. The first kappa shape index (κ1) is 24.2. The summed E-state index contributed by atoms with van der Waals surface area (Å²) >= 11 is 1.99. The third-order valence-corrected chi connectivity index (χ3v) is 5.63. The standard InChI is InChI=1S/C23H21IN2O7/c1-4-13-5-7-15(8-6-13)26-22(29)16(21(28)25-23(26)30)9-14-10-17(24)20(18(11-14)31-2)33-12-19(27)32-3/h5-11H,4,12H2,1-3H3,(H,25,28,30)/b16-9-. The molecule has 33 heavy (non-hydrogen) atoms. The zero-order valence-corrected chi connectivity index (χ0v) is 20.3. The summed E-state index contributed by atoms with van der Waals surface area (Å²) in [6.45, 7) is 1.69. The SMILES string of the molecule is CCc1ccc(N2C(=O)NC(=O)/C(=C/c3cc(I)c(OCC(=O)OC)c(OC)c3)C2=O)cc1. The average molecular weight is 564 g/mol. The minimum Gasteiger partial charge on any atom is -0.493 e. The van der Waals surface area contributed by atoms with Crippen LogP contribution < -0.4 is 19.7 Å². The number of nitrogens with zero attached hydrogens (tertiary/aromatic N) is 1. The lowest BCUT2D eigenvalue weighted by Gasteiger charge is -2.26. The van der Waals surface area contributed by atoms with Gasteiger partial charge in [-0.15, -0.1) is 0 Å². The summed E-state index contributed by atoms with van der Waals surface area (Å²) in [7, 11) is 2.67. The maximum atomic E-state index is 13.1. The Kier molecular flexibility index (Phi) is 7.69. The number of barbiturate groups is 1. The molecule has 0 saturated carbocycles. The Morgan fingerprint density at radius 3 is 2.42 bits per heavy atom. The zero-order chi connectivity index (χ0) is 24.1. The fourth-order valence-electron chi connectivity index (χ4n) is 3.09. The van der Waals surface area contributed by atoms with E-state index in [-0.39, 0.29) is 12.2 Å². The molecule has 1 heterocycles. The Morgan fingerprint density at radius 2 is 1.82 bits per heavy atom. The number of rotatable bonds is 7. The smallest absolute Gasteiger partial charge is 0.343 e. The van der Waals surface area contributed by atoms with Gasteiger partial charge in [-0.25, -0.2) is 14.5 Å². The second kappa shape index (κ2) is 10.5. The van der Waals surface area contributed by atoms with Crippen molar-refractivity contribution < 1.29 is 33.4 Å². The number of benzene rings is 2. The van der Waals surface area contributed by atoms with E-state index in [2.05, 4.69) is 10.1 Å². The number of hydrogen-bond donors (Lipinski definition) is 1. The van der Waals surface area contributed by atoms with E-state index in [9.17, 15) is 19.2 Å². The zero-order valence-electron chi connectivity index (χ0n) is 18.1. The molecule has 0 spiro atoms. The van der Waals surface area contributed by atoms with Gasteiger partial charge in [0.2, 0.25) is 0 Å². The number of imide groups is 2. The van der Waals surface area contributed by atoms with Gasteiger partial charge in [0.05, 0.1) is 23.5 Å². The summed E-state index contributed by atoms with van der Waals surface area (Å²) in [6.07, 6.45) is 2.18. The summed E-state index contributed by atoms with van der Waals surface area (Å²) in [5, 5.41) is 2.20. The molecule has 2 aromatic rings. The molecule has 1 saturated heterocycles. The van der Waals surface area contributed by atoms with Gasteiger partial charge in [-0.3, -0.25) is 14.9 Å². The van der Waals surface area contributed by atoms with E-state index in [0.29, 0.717) is 26.3 Å². The molecule has 3 rings (SSSR count). The summed E-state index contributed by atoms with van der Waals surface area (Å²) in [6, 6.07) is 9.34. The number of carbonyl (C=O) groups is 4. The first-order valence-electron chi connectivity index (χ1n) is 9.86. The van der Waals surface area contributed by atoms with Gasteiger partial charge in [0.25, 0.3) is 11.8 Å². The molecule has 1 aliphatic rings. The lowest BCUT2D eigenvalue weighted by molar-refractivity contribution is -0.143. The second-order valence-electron chi connectivity index (χ2n) is 6.88. The number of hydrogen-bond acceptors (Lipinski definition) is 7. The van der Waals surface area contributed by atoms with E-state index < -0.39 is 23.8 Å². The van der Waals surface area contributed by atoms with Crippen LogP contribution in [0.5, 0.6) is 11.5 Å². The molecule has 1 N–H and O–H groups in total. The third-order valence-electron chi connectivity index (χ3n) is 4.83. The average Bonchev–Trinajstić information content (AvgIpc) is 2.80. The highest BCUT2D eigenvalue weighted by atomic mass is 127. The number of methoxy groups -OCH3 is 2. The van der Waals surface area contributed by atoms with Crippen LogP contribution >= 0.6 is 22.6 Å². The normalized spacial score (nSPS) is 14.8. The Hall–Kier alpha value is -3.41. The lowest BCUT2D eigenvalue weighted by atomic mass is 10.1. The summed E-state index contributed by atoms with van der Waals surface area (Å²) in [5.74, 6) is -1.48. The Bertz CT molecular complexity index is 1140. The fraction of sp³-hybridized carbons (Fsp3) is 0.217. The first-order valence-corrected chi connectivity index (χ1v) is 10.9. The Balaban J connectivity index is 1.95. The molecule has 9 nitrogen and oxygen atoms in total. The molecule has 0 unspecified atom stereocenters. The molecule has 4 amide bonds. The van der Waals surface area contributed by atoms with E-state index in [1.54, 1.807) is 24.3 Å². The van der Waals surface area contributed by atoms with Crippen molar-refractivity contribution in [3.05, 3.63) is 56.7 Å². The predicted octanol–water partition coefficient (Wildman–Crippen LogP) is 3.08. The highest BCUT2D eigenvalue weighted by molar-refractivity contribution is 14.1. The monoisotopic (exact) mass is 564 g/mol. The van der Waals surface area contributed by atoms with Crippen LogP contribution in [0.15, 0.2) is 42.0 Å². The van der Waals surface area contributed by atoms with Gasteiger partial charge in [0.1, 0.15) is 5.57 Å². The quantitative estimate of drug-likeness (QED) is 0.238. The molecule has 2 aromatic carbocycles. The van der Waals surface area contributed by atoms with Crippen LogP contribution in [-0.2, 0) is 25.5 Å². The van der Waals surface area contributed by atoms with E-state index in [0.717, 1.165) is 16.9 Å². The highest BCUT2D eigenvalue weighted by Gasteiger charge is 2.36. The Morgan fingerprint density at radius 1 is 1.12 bits per heavy atom. The molecular weight excluding hydrogens is 543 g/mol. The molecule has 0 aromatic heterocycles. The van der Waals surface area contributed by atoms with Crippen molar-refractivity contribution in [1.82, 2.24) is 5.32 Å². The molecule has 0 atom stereocenters. The summed E-state index contributed by atoms with van der Waals surface area (Å²) < 4.78 is 16.0. The van der Waals surface area contributed by atoms with Crippen LogP contribution in [0.3, 0.4) is 0 Å². The molecular formula is C23H21IN2O7. The van der Waals surface area contributed by atoms with Crippen molar-refractivity contribution >= 4 is 58.2 Å². The number of amides is 4. The summed E-state index contributed by atoms with van der Waals surface area (Å²) in [5.41, 5.74) is 1.66. The fourth-order valence-corrected chi connectivity index (χ4v) is 3.87. The van der Waals surface area contributed by atoms with Crippen molar-refractivity contribution in [3.8, 4) is 11.5 Å². The largest absolute Gasteiger partial charge is 0.493 e. The van der Waals surface area contributed by atoms with Gasteiger partial charge < -0.3 is 14.2 Å². The molecule has 1 aliphatic heterocycles. The van der Waals surface area contributed by atoms with Crippen LogP contribution in [0, 0.1) is 3.57 Å². The number of esters is 1. The molecule has 0 radical (unpaired) electrons. The van der Waals surface area contributed by atoms with Crippen LogP contribution in [0.4, 0.5) is 10.5 Å². The lowest BCUT2D eigenvalue weighted by Crippen LogP contribution is -2.54. The van der Waals surface area contributed by atoms with Crippen molar-refractivity contribution in [2.24, 2.45) is 0 Å². The van der Waals surface area contributed by atoms with E-state index in [1.165, 1.54) is 20.3 Å². The Labute approximate surface area is 203 Å². The van der Waals surface area contributed by atoms with Gasteiger partial charge >= 0.3 is 12.0 Å². The number of aryl methyl sites for hydroxylation is 1. The minimum absolute atomic E-state index is 0.213. The van der Waals surface area contributed by atoms with Crippen molar-refractivity contribution in [1.29, 1.82) is 0 Å². The van der Waals surface area contributed by atoms with Crippen molar-refractivity contribution in [2.45, 2.75) is 13.3 Å². The van der Waals surface area contributed by atoms with Crippen LogP contribution in [0.2, 0.25) is 0 Å². The molecule has 0 aliphatic carbocycles. The first-order chi connectivity index (χ1) is 15.8. The molecule has 172 valence electrons. The molecule has 0 bridgehead atoms. The van der Waals surface area contributed by atoms with Gasteiger partial charge in [0, 0.05) is 0 Å². The third kappa shape index (κ3) is 5.33. The molecule has 10 heteroatoms. The number of ether oxygens (including phenoxy) is 3. The summed E-state index contributed by atoms with van der Waals surface area (Å²) in [4.78, 5) is 50.2. The maximum absolute atomic E-state index is 13.1. The number of halogens is 1. The number of nitrogens with one attached hydrogen (secondary N) is 1. The van der Waals surface area contributed by atoms with E-state index in [1.807, 2.05) is 41.6 Å². The van der Waals surface area contributed by atoms with E-state index >= 15 is 0 Å². The van der Waals surface area contributed by atoms with Gasteiger partial charge in [-0.05, 0) is 70.5 Å². The van der Waals surface area contributed by atoms with Crippen LogP contribution in [0.25, 0.3) is 6.08 Å². The number of carbonyl (C=O) groups excluding carboxylic acids is 4. The second-order valence-corrected chi connectivity index (χ2v) is 8.04. The number of urea groups is 1. The van der Waals surface area contributed by atoms with Crippen LogP contribution in [-0.4, -0.2) is 44.6 Å².